The standard InChI is InChI=1S/C29H35N3O4S/c1-19-4-7-23(8-5-19)37(34,35)32-17-21-15-24(21)27(32)28(33)31(22-10-12-29(2,3)13-11-22)16-20-6-9-25-26(14-20)36-18-30-25/h4-9,14,18,21-22,24,27H,10-13,15-17H2,1-3H3/t21-,24-,27-/m0/s1. The van der Waals surface area contributed by atoms with E-state index >= 15 is 0 Å². The number of aryl methyl sites for hydroxylation is 1. The zero-order valence-corrected chi connectivity index (χ0v) is 22.6. The fourth-order valence-electron chi connectivity index (χ4n) is 6.27. The Morgan fingerprint density at radius 1 is 1.14 bits per heavy atom. The molecule has 0 bridgehead atoms. The lowest BCUT2D eigenvalue weighted by Gasteiger charge is -2.42. The van der Waals surface area contributed by atoms with Gasteiger partial charge in [0.15, 0.2) is 12.0 Å². The minimum Gasteiger partial charge on any atom is -0.443 e. The van der Waals surface area contributed by atoms with Crippen molar-refractivity contribution in [2.45, 2.75) is 76.4 Å². The molecule has 3 fully saturated rings. The Morgan fingerprint density at radius 3 is 2.59 bits per heavy atom. The summed E-state index contributed by atoms with van der Waals surface area (Å²) in [5, 5.41) is 0. The summed E-state index contributed by atoms with van der Waals surface area (Å²) >= 11 is 0. The van der Waals surface area contributed by atoms with Gasteiger partial charge in [-0.15, -0.1) is 0 Å². The molecule has 0 unspecified atom stereocenters. The van der Waals surface area contributed by atoms with Gasteiger partial charge in [-0.3, -0.25) is 4.79 Å². The second-order valence-corrected chi connectivity index (χ2v) is 13.9. The summed E-state index contributed by atoms with van der Waals surface area (Å²) in [7, 11) is -3.77. The fraction of sp³-hybridized carbons (Fsp3) is 0.517. The molecule has 37 heavy (non-hydrogen) atoms. The van der Waals surface area contributed by atoms with Crippen molar-refractivity contribution in [1.29, 1.82) is 0 Å². The van der Waals surface area contributed by atoms with Gasteiger partial charge in [-0.25, -0.2) is 13.4 Å². The molecule has 3 atom stereocenters. The molecule has 2 heterocycles. The normalized spacial score (nSPS) is 25.8. The van der Waals surface area contributed by atoms with Crippen LogP contribution in [-0.2, 0) is 21.4 Å². The van der Waals surface area contributed by atoms with E-state index in [9.17, 15) is 13.2 Å². The Morgan fingerprint density at radius 2 is 1.86 bits per heavy atom. The number of amides is 1. The van der Waals surface area contributed by atoms with Crippen molar-refractivity contribution < 1.29 is 17.6 Å². The molecule has 1 amide bonds. The third kappa shape index (κ3) is 4.59. The molecule has 1 aromatic heterocycles. The minimum atomic E-state index is -3.77. The van der Waals surface area contributed by atoms with Crippen molar-refractivity contribution in [1.82, 2.24) is 14.2 Å². The molecule has 3 aromatic rings. The van der Waals surface area contributed by atoms with Gasteiger partial charge in [0, 0.05) is 19.1 Å². The zero-order chi connectivity index (χ0) is 25.9. The van der Waals surface area contributed by atoms with E-state index in [1.807, 2.05) is 42.2 Å². The van der Waals surface area contributed by atoms with Gasteiger partial charge >= 0.3 is 0 Å². The Kier molecular flexibility index (Phi) is 5.95. The number of piperidine rings is 1. The Labute approximate surface area is 218 Å². The minimum absolute atomic E-state index is 0.0527. The highest BCUT2D eigenvalue weighted by molar-refractivity contribution is 7.89. The number of aromatic nitrogens is 1. The van der Waals surface area contributed by atoms with Crippen LogP contribution in [0.3, 0.4) is 0 Å². The number of nitrogens with zero attached hydrogens (tertiary/aromatic N) is 3. The summed E-state index contributed by atoms with van der Waals surface area (Å²) < 4.78 is 34.5. The van der Waals surface area contributed by atoms with Crippen LogP contribution in [0.15, 0.2) is 58.2 Å². The van der Waals surface area contributed by atoms with Crippen molar-refractivity contribution >= 4 is 27.0 Å². The second-order valence-electron chi connectivity index (χ2n) is 12.0. The SMILES string of the molecule is Cc1ccc(S(=O)(=O)N2C[C@@H]3C[C@@H]3[C@H]2C(=O)N(Cc2ccc3ncoc3c2)C2CCC(C)(C)CC2)cc1. The third-order valence-electron chi connectivity index (χ3n) is 8.77. The number of fused-ring (bicyclic) bond motifs is 2. The molecule has 196 valence electrons. The Hall–Kier alpha value is -2.71. The molecule has 1 saturated heterocycles. The van der Waals surface area contributed by atoms with Crippen LogP contribution < -0.4 is 0 Å². The van der Waals surface area contributed by atoms with Crippen molar-refractivity contribution in [2.75, 3.05) is 6.54 Å². The molecule has 8 heteroatoms. The average molecular weight is 522 g/mol. The highest BCUT2D eigenvalue weighted by Gasteiger charge is 2.60. The second kappa shape index (κ2) is 8.95. The highest BCUT2D eigenvalue weighted by Crippen LogP contribution is 2.52. The third-order valence-corrected chi connectivity index (χ3v) is 10.6. The largest absolute Gasteiger partial charge is 0.443 e. The number of rotatable bonds is 6. The van der Waals surface area contributed by atoms with Crippen molar-refractivity contribution in [2.24, 2.45) is 17.3 Å². The molecule has 7 nitrogen and oxygen atoms in total. The predicted octanol–water partition coefficient (Wildman–Crippen LogP) is 5.14. The monoisotopic (exact) mass is 521 g/mol. The van der Waals surface area contributed by atoms with Gasteiger partial charge in [0.1, 0.15) is 11.6 Å². The molecule has 1 aliphatic heterocycles. The first-order chi connectivity index (χ1) is 17.6. The Bertz CT molecular complexity index is 1420. The topological polar surface area (TPSA) is 83.7 Å². The molecule has 2 saturated carbocycles. The lowest BCUT2D eigenvalue weighted by Crippen LogP contribution is -2.53. The van der Waals surface area contributed by atoms with Crippen LogP contribution in [-0.4, -0.2) is 47.1 Å². The molecule has 0 N–H and O–H groups in total. The van der Waals surface area contributed by atoms with E-state index in [1.54, 1.807) is 12.1 Å². The molecule has 6 rings (SSSR count). The van der Waals surface area contributed by atoms with Crippen LogP contribution >= 0.6 is 0 Å². The molecule has 2 aromatic carbocycles. The van der Waals surface area contributed by atoms with E-state index in [0.29, 0.717) is 18.7 Å². The lowest BCUT2D eigenvalue weighted by molar-refractivity contribution is -0.139. The maximum absolute atomic E-state index is 14.4. The van der Waals surface area contributed by atoms with E-state index < -0.39 is 16.1 Å². The van der Waals surface area contributed by atoms with Crippen LogP contribution in [0, 0.1) is 24.2 Å². The van der Waals surface area contributed by atoms with Crippen LogP contribution in [0.1, 0.15) is 57.1 Å². The summed E-state index contributed by atoms with van der Waals surface area (Å²) in [5.41, 5.74) is 3.72. The van der Waals surface area contributed by atoms with E-state index in [0.717, 1.165) is 48.7 Å². The van der Waals surface area contributed by atoms with E-state index in [2.05, 4.69) is 18.8 Å². The number of sulfonamides is 1. The summed E-state index contributed by atoms with van der Waals surface area (Å²) in [4.78, 5) is 20.8. The first kappa shape index (κ1) is 24.6. The van der Waals surface area contributed by atoms with Gasteiger partial charge in [0.05, 0.1) is 4.90 Å². The first-order valence-electron chi connectivity index (χ1n) is 13.3. The first-order valence-corrected chi connectivity index (χ1v) is 14.8. The molecular weight excluding hydrogens is 486 g/mol. The smallest absolute Gasteiger partial charge is 0.243 e. The predicted molar refractivity (Wildman–Crippen MR) is 141 cm³/mol. The number of benzene rings is 2. The van der Waals surface area contributed by atoms with Gasteiger partial charge in [0.2, 0.25) is 15.9 Å². The fourth-order valence-corrected chi connectivity index (χ4v) is 7.96. The van der Waals surface area contributed by atoms with Crippen molar-refractivity contribution in [3.05, 3.63) is 60.0 Å². The van der Waals surface area contributed by atoms with Crippen molar-refractivity contribution in [3.8, 4) is 0 Å². The van der Waals surface area contributed by atoms with Crippen LogP contribution in [0.5, 0.6) is 0 Å². The maximum atomic E-state index is 14.4. The summed E-state index contributed by atoms with van der Waals surface area (Å²) in [5.74, 6) is 0.321. The van der Waals surface area contributed by atoms with Gasteiger partial charge in [-0.2, -0.15) is 4.31 Å². The van der Waals surface area contributed by atoms with Gasteiger partial charge < -0.3 is 9.32 Å². The maximum Gasteiger partial charge on any atom is 0.243 e. The van der Waals surface area contributed by atoms with Crippen molar-refractivity contribution in [3.63, 3.8) is 0 Å². The number of carbonyl (C=O) groups excluding carboxylic acids is 1. The van der Waals surface area contributed by atoms with Crippen LogP contribution in [0.25, 0.3) is 11.1 Å². The van der Waals surface area contributed by atoms with E-state index in [-0.39, 0.29) is 34.1 Å². The quantitative estimate of drug-likeness (QED) is 0.448. The summed E-state index contributed by atoms with van der Waals surface area (Å²) in [6, 6.07) is 12.3. The summed E-state index contributed by atoms with van der Waals surface area (Å²) in [6.45, 7) is 7.37. The number of oxazole rings is 1. The van der Waals surface area contributed by atoms with E-state index in [4.69, 9.17) is 4.42 Å². The molecule has 2 aliphatic carbocycles. The summed E-state index contributed by atoms with van der Waals surface area (Å²) in [6.07, 6.45) is 6.30. The highest BCUT2D eigenvalue weighted by atomic mass is 32.2. The number of carbonyl (C=O) groups is 1. The lowest BCUT2D eigenvalue weighted by atomic mass is 9.75. The Balaban J connectivity index is 1.32. The van der Waals surface area contributed by atoms with Gasteiger partial charge in [-0.1, -0.05) is 37.6 Å². The molecular formula is C29H35N3O4S. The van der Waals surface area contributed by atoms with E-state index in [1.165, 1.54) is 10.7 Å². The van der Waals surface area contributed by atoms with Gasteiger partial charge in [-0.05, 0) is 86.1 Å². The number of hydrogen-bond donors (Lipinski definition) is 0. The average Bonchev–Trinajstić information content (AvgIpc) is 3.29. The molecule has 0 radical (unpaired) electrons. The molecule has 3 aliphatic rings. The molecule has 0 spiro atoms. The number of hydrogen-bond acceptors (Lipinski definition) is 5. The van der Waals surface area contributed by atoms with Crippen LogP contribution in [0.4, 0.5) is 0 Å². The van der Waals surface area contributed by atoms with Crippen LogP contribution in [0.2, 0.25) is 0 Å². The zero-order valence-electron chi connectivity index (χ0n) is 21.8. The van der Waals surface area contributed by atoms with Gasteiger partial charge in [0.25, 0.3) is 0 Å².